The second-order valence-corrected chi connectivity index (χ2v) is 9.05. The Labute approximate surface area is 128 Å². The zero-order chi connectivity index (χ0) is 15.8. The van der Waals surface area contributed by atoms with Crippen LogP contribution in [0.2, 0.25) is 0 Å². The van der Waals surface area contributed by atoms with Gasteiger partial charge in [0.2, 0.25) is 10.0 Å². The molecule has 0 aromatic heterocycles. The van der Waals surface area contributed by atoms with Gasteiger partial charge in [0.15, 0.2) is 0 Å². The van der Waals surface area contributed by atoms with Crippen molar-refractivity contribution in [2.45, 2.75) is 58.1 Å². The van der Waals surface area contributed by atoms with Crippen molar-refractivity contribution < 1.29 is 8.42 Å². The van der Waals surface area contributed by atoms with Crippen LogP contribution in [0.25, 0.3) is 0 Å². The van der Waals surface area contributed by atoms with Crippen LogP contribution in [0.4, 0.5) is 0 Å². The fourth-order valence-electron chi connectivity index (χ4n) is 2.65. The summed E-state index contributed by atoms with van der Waals surface area (Å²) < 4.78 is 26.9. The third-order valence-corrected chi connectivity index (χ3v) is 5.82. The minimum Gasteiger partial charge on any atom is -0.310 e. The van der Waals surface area contributed by atoms with Crippen LogP contribution in [-0.2, 0) is 16.6 Å². The highest BCUT2D eigenvalue weighted by Crippen LogP contribution is 2.32. The Kier molecular flexibility index (Phi) is 4.47. The zero-order valence-electron chi connectivity index (χ0n) is 13.6. The molecule has 1 heterocycles. The molecule has 0 radical (unpaired) electrons. The zero-order valence-corrected chi connectivity index (χ0v) is 14.4. The van der Waals surface area contributed by atoms with E-state index in [-0.39, 0.29) is 11.5 Å². The van der Waals surface area contributed by atoms with Crippen molar-refractivity contribution >= 4 is 10.0 Å². The summed E-state index contributed by atoms with van der Waals surface area (Å²) in [6.45, 7) is 11.6. The van der Waals surface area contributed by atoms with E-state index in [1.54, 1.807) is 16.4 Å². The van der Waals surface area contributed by atoms with Gasteiger partial charge in [-0.2, -0.15) is 4.31 Å². The van der Waals surface area contributed by atoms with E-state index < -0.39 is 10.0 Å². The van der Waals surface area contributed by atoms with Gasteiger partial charge < -0.3 is 5.32 Å². The molecule has 1 atom stereocenters. The van der Waals surface area contributed by atoms with Crippen molar-refractivity contribution in [1.82, 2.24) is 9.62 Å². The summed E-state index contributed by atoms with van der Waals surface area (Å²) >= 11 is 0. The molecule has 0 saturated carbocycles. The first-order valence-electron chi connectivity index (χ1n) is 7.46. The van der Waals surface area contributed by atoms with Crippen LogP contribution in [0, 0.1) is 5.41 Å². The normalized spacial score (nSPS) is 19.7. The van der Waals surface area contributed by atoms with Crippen molar-refractivity contribution in [3.63, 3.8) is 0 Å². The van der Waals surface area contributed by atoms with Crippen LogP contribution in [0.1, 0.15) is 40.2 Å². The van der Waals surface area contributed by atoms with Crippen LogP contribution in [0.3, 0.4) is 0 Å². The highest BCUT2D eigenvalue weighted by atomic mass is 32.2. The van der Waals surface area contributed by atoms with Crippen LogP contribution >= 0.6 is 0 Å². The monoisotopic (exact) mass is 310 g/mol. The van der Waals surface area contributed by atoms with Gasteiger partial charge in [0, 0.05) is 25.2 Å². The SMILES string of the molecule is CC(C)N[C@H](CN1Cc2ccccc2S1(=O)=O)C(C)(C)C. The fraction of sp³-hybridized carbons (Fsp3) is 0.625. The molecular weight excluding hydrogens is 284 g/mol. The number of benzene rings is 1. The standard InChI is InChI=1S/C16H26N2O2S/c1-12(2)17-15(16(3,4)5)11-18-10-13-8-6-7-9-14(13)21(18,19)20/h6-9,12,15,17H,10-11H2,1-5H3/t15-/m1/s1. The Morgan fingerprint density at radius 2 is 1.86 bits per heavy atom. The van der Waals surface area contributed by atoms with Gasteiger partial charge in [0.05, 0.1) is 4.90 Å². The fourth-order valence-corrected chi connectivity index (χ4v) is 4.29. The van der Waals surface area contributed by atoms with Gasteiger partial charge in [0.1, 0.15) is 0 Å². The van der Waals surface area contributed by atoms with E-state index >= 15 is 0 Å². The van der Waals surface area contributed by atoms with Gasteiger partial charge in [-0.05, 0) is 17.0 Å². The van der Waals surface area contributed by atoms with Gasteiger partial charge in [-0.25, -0.2) is 8.42 Å². The highest BCUT2D eigenvalue weighted by molar-refractivity contribution is 7.89. The summed E-state index contributed by atoms with van der Waals surface area (Å²) in [5.41, 5.74) is 0.892. The number of hydrogen-bond donors (Lipinski definition) is 1. The molecule has 1 N–H and O–H groups in total. The van der Waals surface area contributed by atoms with Gasteiger partial charge in [-0.3, -0.25) is 0 Å². The summed E-state index contributed by atoms with van der Waals surface area (Å²) in [5.74, 6) is 0. The average molecular weight is 310 g/mol. The molecule has 1 aliphatic rings. The first kappa shape index (κ1) is 16.5. The number of hydrogen-bond acceptors (Lipinski definition) is 3. The van der Waals surface area contributed by atoms with E-state index in [9.17, 15) is 8.42 Å². The van der Waals surface area contributed by atoms with Crippen LogP contribution < -0.4 is 5.32 Å². The van der Waals surface area contributed by atoms with Crippen LogP contribution in [-0.4, -0.2) is 31.4 Å². The summed E-state index contributed by atoms with van der Waals surface area (Å²) in [5, 5.41) is 3.51. The first-order chi connectivity index (χ1) is 9.62. The summed E-state index contributed by atoms with van der Waals surface area (Å²) in [6, 6.07) is 7.71. The minimum absolute atomic E-state index is 0.00539. The average Bonchev–Trinajstić information content (AvgIpc) is 2.59. The van der Waals surface area contributed by atoms with Crippen LogP contribution in [0.15, 0.2) is 29.2 Å². The van der Waals surface area contributed by atoms with Gasteiger partial charge in [-0.15, -0.1) is 0 Å². The molecule has 0 bridgehead atoms. The molecule has 1 aromatic carbocycles. The Bertz CT molecular complexity index is 603. The Morgan fingerprint density at radius 1 is 1.24 bits per heavy atom. The predicted octanol–water partition coefficient (Wildman–Crippen LogP) is 2.60. The van der Waals surface area contributed by atoms with Crippen molar-refractivity contribution in [3.05, 3.63) is 29.8 Å². The molecule has 0 amide bonds. The summed E-state index contributed by atoms with van der Waals surface area (Å²) in [7, 11) is -3.34. The van der Waals surface area contributed by atoms with Crippen molar-refractivity contribution in [2.75, 3.05) is 6.54 Å². The molecule has 1 aliphatic heterocycles. The lowest BCUT2D eigenvalue weighted by atomic mass is 9.86. The Morgan fingerprint density at radius 3 is 2.38 bits per heavy atom. The lowest BCUT2D eigenvalue weighted by molar-refractivity contribution is 0.213. The van der Waals surface area contributed by atoms with Crippen molar-refractivity contribution in [2.24, 2.45) is 5.41 Å². The number of rotatable bonds is 4. The van der Waals surface area contributed by atoms with Crippen LogP contribution in [0.5, 0.6) is 0 Å². The van der Waals surface area contributed by atoms with Gasteiger partial charge in [0.25, 0.3) is 0 Å². The largest absolute Gasteiger partial charge is 0.310 e. The van der Waals surface area contributed by atoms with Gasteiger partial charge in [-0.1, -0.05) is 52.8 Å². The van der Waals surface area contributed by atoms with E-state index in [1.807, 2.05) is 12.1 Å². The Hall–Kier alpha value is -0.910. The molecule has 0 unspecified atom stereocenters. The molecule has 0 fully saturated rings. The molecule has 5 heteroatoms. The van der Waals surface area contributed by atoms with Crippen molar-refractivity contribution in [1.29, 1.82) is 0 Å². The topological polar surface area (TPSA) is 49.4 Å². The third-order valence-electron chi connectivity index (χ3n) is 3.90. The molecule has 2 rings (SSSR count). The smallest absolute Gasteiger partial charge is 0.243 e. The lowest BCUT2D eigenvalue weighted by Gasteiger charge is -2.35. The van der Waals surface area contributed by atoms with E-state index in [1.165, 1.54) is 0 Å². The molecule has 1 aromatic rings. The first-order valence-corrected chi connectivity index (χ1v) is 8.90. The molecule has 0 aliphatic carbocycles. The molecule has 0 spiro atoms. The lowest BCUT2D eigenvalue weighted by Crippen LogP contribution is -2.50. The molecule has 4 nitrogen and oxygen atoms in total. The molecule has 118 valence electrons. The second kappa shape index (κ2) is 5.71. The third kappa shape index (κ3) is 3.47. The highest BCUT2D eigenvalue weighted by Gasteiger charge is 2.38. The van der Waals surface area contributed by atoms with E-state index in [4.69, 9.17) is 0 Å². The molecule has 0 saturated heterocycles. The van der Waals surface area contributed by atoms with Crippen molar-refractivity contribution in [3.8, 4) is 0 Å². The predicted molar refractivity (Wildman–Crippen MR) is 85.6 cm³/mol. The summed E-state index contributed by atoms with van der Waals surface area (Å²) in [6.07, 6.45) is 0. The summed E-state index contributed by atoms with van der Waals surface area (Å²) in [4.78, 5) is 0.460. The van der Waals surface area contributed by atoms with E-state index in [2.05, 4.69) is 39.9 Å². The maximum atomic E-state index is 12.6. The molecular formula is C16H26N2O2S. The number of nitrogens with zero attached hydrogens (tertiary/aromatic N) is 1. The number of fused-ring (bicyclic) bond motifs is 1. The minimum atomic E-state index is -3.34. The Balaban J connectivity index is 2.24. The number of nitrogens with one attached hydrogen (secondary N) is 1. The van der Waals surface area contributed by atoms with E-state index in [0.29, 0.717) is 24.0 Å². The quantitative estimate of drug-likeness (QED) is 0.930. The van der Waals surface area contributed by atoms with E-state index in [0.717, 1.165) is 5.56 Å². The van der Waals surface area contributed by atoms with Gasteiger partial charge >= 0.3 is 0 Å². The maximum Gasteiger partial charge on any atom is 0.243 e. The second-order valence-electron chi connectivity index (χ2n) is 7.15. The maximum absolute atomic E-state index is 12.6. The molecule has 21 heavy (non-hydrogen) atoms. The number of sulfonamides is 1.